The van der Waals surface area contributed by atoms with Gasteiger partial charge in [0.1, 0.15) is 12.2 Å². The lowest BCUT2D eigenvalue weighted by molar-refractivity contribution is -0.512. The van der Waals surface area contributed by atoms with Crippen LogP contribution in [0.4, 0.5) is 0 Å². The smallest absolute Gasteiger partial charge is 0.505 e. The van der Waals surface area contributed by atoms with Crippen LogP contribution in [0.15, 0.2) is 77.3 Å². The first kappa shape index (κ1) is 36.5. The quantitative estimate of drug-likeness (QED) is 0.0607. The molecule has 1 saturated heterocycles. The predicted octanol–water partition coefficient (Wildman–Crippen LogP) is 4.42. The van der Waals surface area contributed by atoms with Crippen molar-refractivity contribution in [2.24, 2.45) is 28.6 Å². The molecule has 8 aliphatic rings. The molecule has 8 rings (SSSR count). The topological polar surface area (TPSA) is 205 Å². The fourth-order valence-electron chi connectivity index (χ4n) is 10.00. The van der Waals surface area contributed by atoms with Gasteiger partial charge in [0.05, 0.1) is 25.7 Å². The average Bonchev–Trinajstić information content (AvgIpc) is 3.67. The monoisotopic (exact) mass is 758 g/mol. The first-order valence-electron chi connectivity index (χ1n) is 18.3. The molecule has 4 heterocycles. The average molecular weight is 759 g/mol. The van der Waals surface area contributed by atoms with E-state index in [2.05, 4.69) is 39.3 Å². The number of rotatable bonds is 3. The van der Waals surface area contributed by atoms with Gasteiger partial charge in [-0.3, -0.25) is 32.7 Å². The first-order chi connectivity index (χ1) is 26.0. The van der Waals surface area contributed by atoms with Crippen molar-refractivity contribution in [3.8, 4) is 0 Å². The maximum atomic E-state index is 14.1. The minimum absolute atomic E-state index is 0.0379. The molecule has 14 nitrogen and oxygen atoms in total. The molecule has 4 saturated carbocycles. The van der Waals surface area contributed by atoms with Gasteiger partial charge < -0.3 is 25.2 Å². The van der Waals surface area contributed by atoms with Gasteiger partial charge in [-0.2, -0.15) is 0 Å². The lowest BCUT2D eigenvalue weighted by Crippen LogP contribution is -2.65. The van der Waals surface area contributed by atoms with Gasteiger partial charge in [0.2, 0.25) is 23.4 Å². The Balaban J connectivity index is 0.945. The molecule has 0 aromatic rings. The lowest BCUT2D eigenvalue weighted by atomic mass is 9.43. The highest BCUT2D eigenvalue weighted by atomic mass is 16.6. The largest absolute Gasteiger partial charge is 0.730 e. The summed E-state index contributed by atoms with van der Waals surface area (Å²) in [5.74, 6) is -2.57. The number of esters is 2. The van der Waals surface area contributed by atoms with Gasteiger partial charge in [-0.1, -0.05) is 6.92 Å². The van der Waals surface area contributed by atoms with Crippen LogP contribution in [-0.4, -0.2) is 73.7 Å². The van der Waals surface area contributed by atoms with Crippen LogP contribution in [0.1, 0.15) is 77.6 Å². The number of hydrogen-bond acceptors (Lipinski definition) is 10. The molecule has 0 amide bonds. The van der Waals surface area contributed by atoms with Crippen molar-refractivity contribution in [1.82, 2.24) is 0 Å². The van der Waals surface area contributed by atoms with E-state index >= 15 is 0 Å². The lowest BCUT2D eigenvalue weighted by Gasteiger charge is -2.59. The van der Waals surface area contributed by atoms with Gasteiger partial charge in [0, 0.05) is 18.6 Å². The highest BCUT2D eigenvalue weighted by molar-refractivity contribution is 6.46. The number of hydrogen-bond donors (Lipinski definition) is 4. The third-order valence-corrected chi connectivity index (χ3v) is 12.9. The van der Waals surface area contributed by atoms with Crippen molar-refractivity contribution in [1.29, 1.82) is 0 Å². The zero-order valence-corrected chi connectivity index (χ0v) is 30.4. The summed E-state index contributed by atoms with van der Waals surface area (Å²) < 4.78 is 39.2. The SMILES string of the molecule is C=C1OC(=[O+]C2=C(O)CC(=[O+]C3=C(O)CC([O+]=C4CC[C@@]5(C)[C@H](CC[C@@H]6[C@@H]5CC(=O)[C@]5([CH2+])[C](C7=C=C(O)OC7)CC[C@]65O)C4)=[O+]C3=C)OC2=C)CC(=O)C1=O. The number of carbonyl (C=O) groups excluding carboxylic acids is 7. The Morgan fingerprint density at radius 2 is 1.58 bits per heavy atom. The summed E-state index contributed by atoms with van der Waals surface area (Å²) in [6.45, 7) is 17.7. The number of ketones is 4. The Bertz CT molecular complexity index is 2130. The van der Waals surface area contributed by atoms with Crippen LogP contribution in [0.25, 0.3) is 0 Å². The molecular weight excluding hydrogens is 716 g/mol. The van der Waals surface area contributed by atoms with Crippen LogP contribution in [0.5, 0.6) is 0 Å². The third-order valence-electron chi connectivity index (χ3n) is 12.9. The van der Waals surface area contributed by atoms with E-state index in [9.17, 15) is 34.8 Å². The molecule has 0 aromatic carbocycles. The van der Waals surface area contributed by atoms with E-state index in [1.54, 1.807) is 0 Å². The molecular formula is C41H42O14+5. The molecule has 4 aliphatic carbocycles. The number of Topliss-reactive ketones (excluding diaryl/α,β-unsaturated/α-hetero) is 3. The molecule has 0 spiro atoms. The molecule has 4 N–H and O–H groups in total. The van der Waals surface area contributed by atoms with E-state index in [4.69, 9.17) is 31.9 Å². The van der Waals surface area contributed by atoms with Crippen molar-refractivity contribution in [2.75, 3.05) is 6.61 Å². The van der Waals surface area contributed by atoms with E-state index in [0.717, 1.165) is 31.0 Å². The van der Waals surface area contributed by atoms with Gasteiger partial charge in [0.25, 0.3) is 11.5 Å². The number of aliphatic hydroxyl groups is 4. The summed E-state index contributed by atoms with van der Waals surface area (Å²) in [6, 6.07) is 0. The van der Waals surface area contributed by atoms with Gasteiger partial charge in [0.15, 0.2) is 24.4 Å². The third kappa shape index (κ3) is 5.72. The van der Waals surface area contributed by atoms with Crippen LogP contribution in [0.3, 0.4) is 0 Å². The van der Waals surface area contributed by atoms with Gasteiger partial charge in [-0.05, 0) is 74.2 Å². The summed E-state index contributed by atoms with van der Waals surface area (Å²) in [4.78, 5) is 37.6. The van der Waals surface area contributed by atoms with E-state index in [-0.39, 0.29) is 107 Å². The minimum atomic E-state index is -1.30. The summed E-state index contributed by atoms with van der Waals surface area (Å²) in [5.41, 5.74) is 0.593. The number of fused-ring (bicyclic) bond motifs is 5. The molecule has 285 valence electrons. The molecule has 4 aliphatic heterocycles. The second-order valence-electron chi connectivity index (χ2n) is 15.7. The van der Waals surface area contributed by atoms with Crippen molar-refractivity contribution in [3.63, 3.8) is 0 Å². The summed E-state index contributed by atoms with van der Waals surface area (Å²) in [6.07, 6.45) is 3.75. The fraction of sp³-hybridized carbons (Fsp3) is 0.463. The van der Waals surface area contributed by atoms with Crippen molar-refractivity contribution in [2.45, 2.75) is 83.2 Å². The predicted molar refractivity (Wildman–Crippen MR) is 188 cm³/mol. The summed E-state index contributed by atoms with van der Waals surface area (Å²) in [5, 5.41) is 43.9. The Kier molecular flexibility index (Phi) is 8.50. The molecule has 55 heavy (non-hydrogen) atoms. The zero-order chi connectivity index (χ0) is 39.2. The Labute approximate surface area is 315 Å². The van der Waals surface area contributed by atoms with E-state index < -0.39 is 34.8 Å². The molecule has 14 heteroatoms. The second kappa shape index (κ2) is 12.8. The van der Waals surface area contributed by atoms with Crippen LogP contribution in [0, 0.1) is 41.4 Å². The molecule has 5 fully saturated rings. The number of carbonyl (C=O) groups is 3. The maximum Gasteiger partial charge on any atom is 0.730 e. The van der Waals surface area contributed by atoms with E-state index in [1.807, 2.05) is 0 Å². The Morgan fingerprint density at radius 1 is 0.873 bits per heavy atom. The van der Waals surface area contributed by atoms with Gasteiger partial charge in [-0.15, -0.1) is 8.85 Å². The molecule has 1 radical (unpaired) electrons. The van der Waals surface area contributed by atoms with Gasteiger partial charge in [-0.25, -0.2) is 0 Å². The number of ether oxygens (including phenoxy) is 3. The van der Waals surface area contributed by atoms with E-state index in [0.29, 0.717) is 37.7 Å². The minimum Gasteiger partial charge on any atom is -0.505 e. The first-order valence-corrected chi connectivity index (χ1v) is 18.3. The summed E-state index contributed by atoms with van der Waals surface area (Å²) >= 11 is 0. The van der Waals surface area contributed by atoms with Crippen LogP contribution >= 0.6 is 0 Å². The number of allylic oxidation sites excluding steroid dienone is 1. The molecule has 0 unspecified atom stereocenters. The normalized spacial score (nSPS) is 37.7. The standard InChI is InChI=1S/C41H39O14/c1-19-36(47)28(42)15-34(50-19)54-38-21(3)52-35(17-30(38)44)55-37-20(2)51-33(16-29(37)43)53-24-8-10-39(4)23(13-24)6-7-26-27(39)14-31(45)40(5)25(9-11-41(26,40)48)22-12-32(46)49-18-22/h23,26-27,48H,1-3,5-11,13-18H2,4H3/q+2/p+3/t23-,26-,27+,39+,40+,41+/m1/s1. The molecule has 0 bridgehead atoms. The van der Waals surface area contributed by atoms with Crippen LogP contribution < -0.4 is 0 Å². The van der Waals surface area contributed by atoms with Crippen LogP contribution in [-0.2, 0) is 46.3 Å². The second-order valence-corrected chi connectivity index (χ2v) is 15.7. The number of aliphatic hydroxyl groups excluding tert-OH is 3. The van der Waals surface area contributed by atoms with Crippen molar-refractivity contribution in [3.05, 3.63) is 90.1 Å². The maximum absolute atomic E-state index is 14.1. The Hall–Kier alpha value is -5.46. The highest BCUT2D eigenvalue weighted by Gasteiger charge is 2.76. The van der Waals surface area contributed by atoms with Crippen LogP contribution in [0.2, 0.25) is 0 Å². The van der Waals surface area contributed by atoms with E-state index in [1.165, 1.54) is 0 Å². The van der Waals surface area contributed by atoms with Crippen molar-refractivity contribution < 1.29 is 66.7 Å². The van der Waals surface area contributed by atoms with Gasteiger partial charge >= 0.3 is 52.7 Å². The highest BCUT2D eigenvalue weighted by Crippen LogP contribution is 2.69. The molecule has 6 atom stereocenters. The zero-order valence-electron chi connectivity index (χ0n) is 30.4. The molecule has 0 aromatic heterocycles. The number of cyclic esters (lactones) is 2. The summed E-state index contributed by atoms with van der Waals surface area (Å²) in [7, 11) is 0. The van der Waals surface area contributed by atoms with Crippen molar-refractivity contribution >= 4 is 41.0 Å². The fourth-order valence-corrected chi connectivity index (χ4v) is 10.00. The Morgan fingerprint density at radius 3 is 2.27 bits per heavy atom.